The van der Waals surface area contributed by atoms with Gasteiger partial charge in [-0.1, -0.05) is 43.2 Å². The van der Waals surface area contributed by atoms with Crippen LogP contribution >= 0.6 is 11.8 Å². The maximum absolute atomic E-state index is 4.41. The van der Waals surface area contributed by atoms with Crippen LogP contribution < -0.4 is 10.6 Å². The van der Waals surface area contributed by atoms with E-state index in [0.717, 1.165) is 19.0 Å². The van der Waals surface area contributed by atoms with Gasteiger partial charge in [0.15, 0.2) is 5.96 Å². The fourth-order valence-electron chi connectivity index (χ4n) is 3.93. The minimum atomic E-state index is 0.339. The van der Waals surface area contributed by atoms with Crippen molar-refractivity contribution < 1.29 is 0 Å². The average molecular weight is 347 g/mol. The molecule has 0 unspecified atom stereocenters. The summed E-state index contributed by atoms with van der Waals surface area (Å²) >= 11 is 2.09. The smallest absolute Gasteiger partial charge is 0.191 e. The largest absolute Gasteiger partial charge is 0.355 e. The van der Waals surface area contributed by atoms with E-state index in [-0.39, 0.29) is 0 Å². The van der Waals surface area contributed by atoms with Crippen molar-refractivity contribution >= 4 is 17.7 Å². The minimum Gasteiger partial charge on any atom is -0.355 e. The van der Waals surface area contributed by atoms with Crippen LogP contribution in [0, 0.1) is 0 Å². The van der Waals surface area contributed by atoms with Crippen molar-refractivity contribution in [2.24, 2.45) is 4.99 Å². The molecule has 1 aliphatic carbocycles. The first-order chi connectivity index (χ1) is 11.8. The Morgan fingerprint density at radius 3 is 2.50 bits per heavy atom. The molecule has 2 fully saturated rings. The average Bonchev–Trinajstić information content (AvgIpc) is 3.14. The van der Waals surface area contributed by atoms with E-state index in [1.165, 1.54) is 55.8 Å². The fraction of sp³-hybridized carbons (Fsp3) is 0.632. The van der Waals surface area contributed by atoms with Gasteiger partial charge in [0.1, 0.15) is 0 Å². The highest BCUT2D eigenvalue weighted by atomic mass is 32.2. The maximum atomic E-state index is 4.41. The highest BCUT2D eigenvalue weighted by Gasteiger charge is 2.39. The van der Waals surface area contributed by atoms with E-state index >= 15 is 0 Å². The summed E-state index contributed by atoms with van der Waals surface area (Å²) in [4.78, 5) is 7.16. The molecule has 0 spiro atoms. The van der Waals surface area contributed by atoms with Gasteiger partial charge in [-0.15, -0.1) is 0 Å². The third-order valence-electron chi connectivity index (χ3n) is 5.33. The van der Waals surface area contributed by atoms with Gasteiger partial charge in [-0.3, -0.25) is 9.89 Å². The van der Waals surface area contributed by atoms with Gasteiger partial charge in [-0.2, -0.15) is 11.8 Å². The predicted molar refractivity (Wildman–Crippen MR) is 105 cm³/mol. The molecule has 1 saturated carbocycles. The lowest BCUT2D eigenvalue weighted by molar-refractivity contribution is 0.107. The van der Waals surface area contributed by atoms with Crippen molar-refractivity contribution in [1.29, 1.82) is 0 Å². The summed E-state index contributed by atoms with van der Waals surface area (Å²) in [6.07, 6.45) is 5.36. The Kier molecular flexibility index (Phi) is 6.44. The highest BCUT2D eigenvalue weighted by Crippen LogP contribution is 2.36. The number of nitrogens with one attached hydrogen (secondary N) is 2. The van der Waals surface area contributed by atoms with Crippen LogP contribution in [0.15, 0.2) is 35.3 Å². The molecular weight excluding hydrogens is 316 g/mol. The molecule has 3 rings (SSSR count). The normalized spacial score (nSPS) is 21.6. The molecule has 0 bridgehead atoms. The van der Waals surface area contributed by atoms with Crippen LogP contribution in [0.2, 0.25) is 0 Å². The van der Waals surface area contributed by atoms with Gasteiger partial charge in [-0.05, 0) is 18.4 Å². The second-order valence-electron chi connectivity index (χ2n) is 6.80. The van der Waals surface area contributed by atoms with E-state index in [1.807, 2.05) is 7.05 Å². The Balaban J connectivity index is 1.54. The number of thioether (sulfide) groups is 1. The fourth-order valence-corrected chi connectivity index (χ4v) is 4.83. The van der Waals surface area contributed by atoms with Gasteiger partial charge < -0.3 is 10.6 Å². The topological polar surface area (TPSA) is 39.7 Å². The summed E-state index contributed by atoms with van der Waals surface area (Å²) in [6, 6.07) is 10.5. The number of rotatable bonds is 5. The molecule has 0 atom stereocenters. The van der Waals surface area contributed by atoms with Gasteiger partial charge in [-0.25, -0.2) is 0 Å². The van der Waals surface area contributed by atoms with Crippen LogP contribution in [-0.2, 0) is 6.54 Å². The molecule has 5 heteroatoms. The van der Waals surface area contributed by atoms with E-state index in [0.29, 0.717) is 5.54 Å². The second kappa shape index (κ2) is 8.77. The first-order valence-electron chi connectivity index (χ1n) is 9.14. The number of nitrogens with zero attached hydrogens (tertiary/aromatic N) is 2. The monoisotopic (exact) mass is 346 g/mol. The van der Waals surface area contributed by atoms with Gasteiger partial charge in [0.2, 0.25) is 0 Å². The van der Waals surface area contributed by atoms with Crippen LogP contribution in [0.4, 0.5) is 0 Å². The first kappa shape index (κ1) is 17.6. The zero-order valence-electron chi connectivity index (χ0n) is 14.8. The van der Waals surface area contributed by atoms with Crippen molar-refractivity contribution in [3.63, 3.8) is 0 Å². The molecule has 132 valence electrons. The Morgan fingerprint density at radius 2 is 1.83 bits per heavy atom. The summed E-state index contributed by atoms with van der Waals surface area (Å²) in [5.41, 5.74) is 1.62. The highest BCUT2D eigenvalue weighted by molar-refractivity contribution is 7.99. The predicted octanol–water partition coefficient (Wildman–Crippen LogP) is 2.71. The molecule has 1 aromatic carbocycles. The lowest BCUT2D eigenvalue weighted by Gasteiger charge is -2.43. The maximum Gasteiger partial charge on any atom is 0.191 e. The Labute approximate surface area is 150 Å². The van der Waals surface area contributed by atoms with Gasteiger partial charge in [0.05, 0.1) is 0 Å². The number of hydrogen-bond acceptors (Lipinski definition) is 3. The van der Waals surface area contributed by atoms with Crippen molar-refractivity contribution in [2.45, 2.75) is 37.8 Å². The van der Waals surface area contributed by atoms with E-state index < -0.39 is 0 Å². The van der Waals surface area contributed by atoms with Crippen LogP contribution in [0.5, 0.6) is 0 Å². The van der Waals surface area contributed by atoms with Crippen LogP contribution in [0.3, 0.4) is 0 Å². The zero-order valence-corrected chi connectivity index (χ0v) is 15.6. The van der Waals surface area contributed by atoms with E-state index in [1.54, 1.807) is 0 Å². The van der Waals surface area contributed by atoms with Crippen LogP contribution in [0.1, 0.15) is 31.2 Å². The molecule has 2 aliphatic rings. The summed E-state index contributed by atoms with van der Waals surface area (Å²) in [7, 11) is 1.86. The van der Waals surface area contributed by atoms with E-state index in [2.05, 4.69) is 62.6 Å². The van der Waals surface area contributed by atoms with Crippen molar-refractivity contribution in [3.05, 3.63) is 35.9 Å². The summed E-state index contributed by atoms with van der Waals surface area (Å²) in [6.45, 7) is 4.30. The lowest BCUT2D eigenvalue weighted by Crippen LogP contribution is -2.57. The second-order valence-corrected chi connectivity index (χ2v) is 8.02. The summed E-state index contributed by atoms with van der Waals surface area (Å²) < 4.78 is 0. The van der Waals surface area contributed by atoms with Gasteiger partial charge in [0, 0.05) is 50.3 Å². The molecule has 4 nitrogen and oxygen atoms in total. The lowest BCUT2D eigenvalue weighted by atomic mass is 9.94. The third kappa shape index (κ3) is 4.45. The van der Waals surface area contributed by atoms with E-state index in [9.17, 15) is 0 Å². The third-order valence-corrected chi connectivity index (χ3v) is 6.27. The quantitative estimate of drug-likeness (QED) is 0.635. The number of aliphatic imine (C=N–C) groups is 1. The molecule has 1 aliphatic heterocycles. The van der Waals surface area contributed by atoms with Crippen LogP contribution in [-0.4, -0.2) is 54.6 Å². The number of hydrogen-bond donors (Lipinski definition) is 2. The van der Waals surface area contributed by atoms with Crippen LogP contribution in [0.25, 0.3) is 0 Å². The first-order valence-corrected chi connectivity index (χ1v) is 10.3. The zero-order chi connectivity index (χ0) is 16.7. The number of guanidine groups is 1. The molecule has 1 heterocycles. The summed E-state index contributed by atoms with van der Waals surface area (Å²) in [5, 5.41) is 7.06. The molecule has 0 amide bonds. The standard InChI is InChI=1S/C19H30N4S/c1-20-18(21-15-17-7-3-2-4-8-17)22-16-19(9-5-6-10-19)23-11-13-24-14-12-23/h2-4,7-8H,5-6,9-16H2,1H3,(H2,20,21,22). The minimum absolute atomic E-state index is 0.339. The molecule has 1 saturated heterocycles. The van der Waals surface area contributed by atoms with Crippen molar-refractivity contribution in [3.8, 4) is 0 Å². The Hall–Kier alpha value is -1.20. The summed E-state index contributed by atoms with van der Waals surface area (Å²) in [5.74, 6) is 3.47. The number of benzene rings is 1. The SMILES string of the molecule is CN=C(NCc1ccccc1)NCC1(N2CCSCC2)CCCC1. The van der Waals surface area contributed by atoms with Crippen molar-refractivity contribution in [1.82, 2.24) is 15.5 Å². The molecule has 24 heavy (non-hydrogen) atoms. The van der Waals surface area contributed by atoms with Gasteiger partial charge >= 0.3 is 0 Å². The molecular formula is C19H30N4S. The molecule has 1 aromatic rings. The molecule has 0 aromatic heterocycles. The van der Waals surface area contributed by atoms with Crippen molar-refractivity contribution in [2.75, 3.05) is 38.2 Å². The molecule has 2 N–H and O–H groups in total. The van der Waals surface area contributed by atoms with E-state index in [4.69, 9.17) is 0 Å². The Bertz CT molecular complexity index is 519. The molecule has 0 radical (unpaired) electrons. The Morgan fingerprint density at radius 1 is 1.12 bits per heavy atom. The van der Waals surface area contributed by atoms with Gasteiger partial charge in [0.25, 0.3) is 0 Å².